The predicted molar refractivity (Wildman–Crippen MR) is 124 cm³/mol. The number of hydrogen-bond donors (Lipinski definition) is 2. The number of likely N-dealkylation sites (N-methyl/N-ethyl adjacent to an activating group) is 1. The first kappa shape index (κ1) is 21.0. The Balaban J connectivity index is 1.66. The number of para-hydroxylation sites is 1. The fourth-order valence-corrected chi connectivity index (χ4v) is 3.55. The average Bonchev–Trinajstić information content (AvgIpc) is 2.90. The molecular formula is C25H22N4O3. The van der Waals surface area contributed by atoms with Crippen LogP contribution in [0.4, 0.5) is 16.2 Å². The number of urea groups is 1. The molecule has 3 amide bonds. The van der Waals surface area contributed by atoms with Crippen molar-refractivity contribution in [3.8, 4) is 0 Å². The van der Waals surface area contributed by atoms with Crippen molar-refractivity contribution in [2.45, 2.75) is 13.1 Å². The minimum Gasteiger partial charge on any atom is -0.311 e. The normalized spacial score (nSPS) is 15.3. The van der Waals surface area contributed by atoms with Crippen molar-refractivity contribution < 1.29 is 14.4 Å². The Morgan fingerprint density at radius 3 is 2.41 bits per heavy atom. The molecule has 0 unspecified atom stereocenters. The Labute approximate surface area is 185 Å². The largest absolute Gasteiger partial charge is 0.321 e. The molecule has 7 nitrogen and oxygen atoms in total. The third-order valence-corrected chi connectivity index (χ3v) is 5.19. The maximum Gasteiger partial charge on any atom is 0.321 e. The number of ketones is 1. The smallest absolute Gasteiger partial charge is 0.311 e. The first-order valence-electron chi connectivity index (χ1n) is 10.1. The molecule has 0 fully saturated rings. The average molecular weight is 426 g/mol. The summed E-state index contributed by atoms with van der Waals surface area (Å²) in [5.41, 5.74) is 3.88. The highest BCUT2D eigenvalue weighted by molar-refractivity contribution is 6.20. The molecule has 0 bridgehead atoms. The zero-order valence-corrected chi connectivity index (χ0v) is 17.7. The van der Waals surface area contributed by atoms with Crippen molar-refractivity contribution in [1.29, 1.82) is 0 Å². The molecule has 0 saturated carbocycles. The fraction of sp³-hybridized carbons (Fsp3) is 0.120. The Kier molecular flexibility index (Phi) is 5.81. The molecule has 0 aromatic heterocycles. The van der Waals surface area contributed by atoms with Gasteiger partial charge in [0.2, 0.25) is 6.17 Å². The number of anilines is 2. The summed E-state index contributed by atoms with van der Waals surface area (Å²) in [5.74, 6) is -0.472. The van der Waals surface area contributed by atoms with Gasteiger partial charge in [0.1, 0.15) is 0 Å². The monoisotopic (exact) mass is 426 g/mol. The Hall–Kier alpha value is -4.26. The van der Waals surface area contributed by atoms with E-state index >= 15 is 0 Å². The summed E-state index contributed by atoms with van der Waals surface area (Å²) in [5, 5.41) is 5.33. The number of carbonyl (C=O) groups excluding carboxylic acids is 3. The number of benzene rings is 3. The van der Waals surface area contributed by atoms with Gasteiger partial charge in [0, 0.05) is 29.4 Å². The zero-order chi connectivity index (χ0) is 22.7. The second kappa shape index (κ2) is 8.85. The van der Waals surface area contributed by atoms with Crippen LogP contribution < -0.4 is 15.5 Å². The molecule has 3 aromatic carbocycles. The summed E-state index contributed by atoms with van der Waals surface area (Å²) < 4.78 is 0. The lowest BCUT2D eigenvalue weighted by atomic mass is 10.0. The second-order valence-electron chi connectivity index (χ2n) is 7.40. The van der Waals surface area contributed by atoms with Crippen LogP contribution in [-0.2, 0) is 4.79 Å². The molecule has 7 heteroatoms. The van der Waals surface area contributed by atoms with Crippen LogP contribution in [0.15, 0.2) is 83.9 Å². The van der Waals surface area contributed by atoms with E-state index in [1.807, 2.05) is 54.6 Å². The van der Waals surface area contributed by atoms with E-state index in [-0.39, 0.29) is 11.7 Å². The van der Waals surface area contributed by atoms with E-state index in [2.05, 4.69) is 15.6 Å². The van der Waals surface area contributed by atoms with Gasteiger partial charge in [0.25, 0.3) is 5.91 Å². The van der Waals surface area contributed by atoms with E-state index < -0.39 is 12.2 Å². The molecule has 0 radical (unpaired) electrons. The van der Waals surface area contributed by atoms with Crippen molar-refractivity contribution >= 4 is 34.8 Å². The van der Waals surface area contributed by atoms with E-state index in [1.165, 1.54) is 11.8 Å². The number of Topliss-reactive ketones (excluding diaryl/α,β-unsaturated/α-hetero) is 1. The van der Waals surface area contributed by atoms with Crippen LogP contribution in [0.25, 0.3) is 0 Å². The number of nitrogens with one attached hydrogen (secondary N) is 2. The molecule has 0 saturated heterocycles. The van der Waals surface area contributed by atoms with Crippen molar-refractivity contribution in [1.82, 2.24) is 5.32 Å². The number of rotatable bonds is 4. The maximum absolute atomic E-state index is 13.1. The van der Waals surface area contributed by atoms with Crippen LogP contribution in [0.5, 0.6) is 0 Å². The van der Waals surface area contributed by atoms with E-state index in [0.717, 1.165) is 11.1 Å². The third-order valence-electron chi connectivity index (χ3n) is 5.19. The molecule has 32 heavy (non-hydrogen) atoms. The SMILES string of the molecule is CC(=O)c1cccc(NC(=O)N[C@@H]2N=C(c3ccccc3)c3ccccc3N(C)C2=O)c1. The van der Waals surface area contributed by atoms with Crippen molar-refractivity contribution in [3.63, 3.8) is 0 Å². The molecular weight excluding hydrogens is 404 g/mol. The highest BCUT2D eigenvalue weighted by Gasteiger charge is 2.30. The van der Waals surface area contributed by atoms with Gasteiger partial charge >= 0.3 is 6.03 Å². The minimum absolute atomic E-state index is 0.107. The van der Waals surface area contributed by atoms with E-state index in [4.69, 9.17) is 0 Å². The highest BCUT2D eigenvalue weighted by Crippen LogP contribution is 2.27. The van der Waals surface area contributed by atoms with Gasteiger partial charge in [-0.15, -0.1) is 0 Å². The van der Waals surface area contributed by atoms with Gasteiger partial charge in [-0.25, -0.2) is 9.79 Å². The molecule has 3 aromatic rings. The number of carbonyl (C=O) groups is 3. The van der Waals surface area contributed by atoms with Gasteiger partial charge in [-0.1, -0.05) is 60.7 Å². The summed E-state index contributed by atoms with van der Waals surface area (Å²) in [6.07, 6.45) is -1.13. The fourth-order valence-electron chi connectivity index (χ4n) is 3.55. The molecule has 0 aliphatic carbocycles. The molecule has 1 atom stereocenters. The van der Waals surface area contributed by atoms with Crippen molar-refractivity contribution in [2.24, 2.45) is 4.99 Å². The van der Waals surface area contributed by atoms with Gasteiger partial charge in [0.05, 0.1) is 11.4 Å². The van der Waals surface area contributed by atoms with Crippen LogP contribution in [0.3, 0.4) is 0 Å². The third kappa shape index (κ3) is 4.27. The lowest BCUT2D eigenvalue weighted by Crippen LogP contribution is -2.47. The molecule has 1 aliphatic heterocycles. The quantitative estimate of drug-likeness (QED) is 0.621. The first-order chi connectivity index (χ1) is 15.4. The van der Waals surface area contributed by atoms with Gasteiger partial charge in [-0.2, -0.15) is 0 Å². The lowest BCUT2D eigenvalue weighted by molar-refractivity contribution is -0.119. The molecule has 0 spiro atoms. The number of nitrogens with zero attached hydrogens (tertiary/aromatic N) is 2. The number of aliphatic imine (C=N–C) groups is 1. The summed E-state index contributed by atoms with van der Waals surface area (Å²) in [4.78, 5) is 43.6. The van der Waals surface area contributed by atoms with Crippen LogP contribution in [-0.4, -0.2) is 36.6 Å². The van der Waals surface area contributed by atoms with Crippen molar-refractivity contribution in [2.75, 3.05) is 17.3 Å². The van der Waals surface area contributed by atoms with E-state index in [1.54, 1.807) is 31.3 Å². The van der Waals surface area contributed by atoms with Crippen LogP contribution >= 0.6 is 0 Å². The van der Waals surface area contributed by atoms with Crippen LogP contribution in [0.2, 0.25) is 0 Å². The molecule has 1 aliphatic rings. The molecule has 160 valence electrons. The lowest BCUT2D eigenvalue weighted by Gasteiger charge is -2.21. The number of hydrogen-bond acceptors (Lipinski definition) is 4. The topological polar surface area (TPSA) is 90.9 Å². The number of amides is 3. The van der Waals surface area contributed by atoms with Gasteiger partial charge in [0.15, 0.2) is 5.78 Å². The Bertz CT molecular complexity index is 1220. The van der Waals surface area contributed by atoms with Gasteiger partial charge < -0.3 is 15.5 Å². The summed E-state index contributed by atoms with van der Waals surface area (Å²) in [6, 6.07) is 23.0. The summed E-state index contributed by atoms with van der Waals surface area (Å²) in [7, 11) is 1.66. The summed E-state index contributed by atoms with van der Waals surface area (Å²) >= 11 is 0. The highest BCUT2D eigenvalue weighted by atomic mass is 16.2. The first-order valence-corrected chi connectivity index (χ1v) is 10.1. The number of fused-ring (bicyclic) bond motifs is 1. The Morgan fingerprint density at radius 2 is 1.66 bits per heavy atom. The zero-order valence-electron chi connectivity index (χ0n) is 17.7. The van der Waals surface area contributed by atoms with E-state index in [9.17, 15) is 14.4 Å². The predicted octanol–water partition coefficient (Wildman–Crippen LogP) is 3.85. The van der Waals surface area contributed by atoms with Gasteiger partial charge in [-0.3, -0.25) is 9.59 Å². The second-order valence-corrected chi connectivity index (χ2v) is 7.40. The van der Waals surface area contributed by atoms with Crippen LogP contribution in [0.1, 0.15) is 28.4 Å². The molecule has 2 N–H and O–H groups in total. The minimum atomic E-state index is -1.13. The number of benzodiazepines with no additional fused rings is 1. The molecule has 4 rings (SSSR count). The van der Waals surface area contributed by atoms with Gasteiger partial charge in [-0.05, 0) is 25.1 Å². The Morgan fingerprint density at radius 1 is 0.938 bits per heavy atom. The maximum atomic E-state index is 13.1. The van der Waals surface area contributed by atoms with Crippen molar-refractivity contribution in [3.05, 3.63) is 95.6 Å². The van der Waals surface area contributed by atoms with Crippen LogP contribution in [0, 0.1) is 0 Å². The van der Waals surface area contributed by atoms with E-state index in [0.29, 0.717) is 22.6 Å². The molecule has 1 heterocycles. The standard InChI is InChI=1S/C25H22N4O3/c1-16(30)18-11-8-12-19(15-18)26-25(32)28-23-24(31)29(2)21-14-7-6-13-20(21)22(27-23)17-9-4-3-5-10-17/h3-15,23H,1-2H3,(H2,26,28,32)/t23-/m0/s1. The summed E-state index contributed by atoms with van der Waals surface area (Å²) in [6.45, 7) is 1.46.